The molecule has 0 bridgehead atoms. The summed E-state index contributed by atoms with van der Waals surface area (Å²) in [5, 5.41) is 13.2. The Hall–Kier alpha value is -0.0800. The van der Waals surface area contributed by atoms with Gasteiger partial charge in [0.2, 0.25) is 0 Å². The van der Waals surface area contributed by atoms with E-state index in [2.05, 4.69) is 5.32 Å². The van der Waals surface area contributed by atoms with Crippen molar-refractivity contribution >= 4 is 0 Å². The van der Waals surface area contributed by atoms with Gasteiger partial charge in [-0.15, -0.1) is 0 Å². The van der Waals surface area contributed by atoms with Crippen LogP contribution in [-0.4, -0.2) is 23.3 Å². The Labute approximate surface area is 87.1 Å². The maximum Gasteiger partial charge on any atom is 0.0715 e. The molecule has 0 saturated heterocycles. The van der Waals surface area contributed by atoms with Crippen LogP contribution in [0, 0.1) is 5.41 Å². The Morgan fingerprint density at radius 1 is 1.29 bits per heavy atom. The number of nitrogens with one attached hydrogen (secondary N) is 1. The van der Waals surface area contributed by atoms with Crippen molar-refractivity contribution in [3.05, 3.63) is 0 Å². The van der Waals surface area contributed by atoms with Gasteiger partial charge >= 0.3 is 0 Å². The minimum Gasteiger partial charge on any atom is -0.389 e. The van der Waals surface area contributed by atoms with E-state index in [-0.39, 0.29) is 0 Å². The van der Waals surface area contributed by atoms with Gasteiger partial charge in [0.25, 0.3) is 0 Å². The molecule has 0 radical (unpaired) electrons. The second-order valence-corrected chi connectivity index (χ2v) is 5.85. The third kappa shape index (κ3) is 1.96. The first-order chi connectivity index (χ1) is 6.52. The molecule has 2 aliphatic rings. The van der Waals surface area contributed by atoms with Gasteiger partial charge < -0.3 is 10.4 Å². The van der Waals surface area contributed by atoms with Crippen molar-refractivity contribution in [2.24, 2.45) is 5.41 Å². The van der Waals surface area contributed by atoms with Gasteiger partial charge in [-0.3, -0.25) is 0 Å². The lowest BCUT2D eigenvalue weighted by molar-refractivity contribution is 0.0321. The zero-order valence-corrected chi connectivity index (χ0v) is 9.47. The highest BCUT2D eigenvalue weighted by molar-refractivity contribution is 5.03. The SMILES string of the molecule is CC(C)(O)CNC1CCC12CCCC2. The fourth-order valence-corrected chi connectivity index (χ4v) is 3.07. The molecule has 2 N–H and O–H groups in total. The van der Waals surface area contributed by atoms with Crippen LogP contribution in [0.5, 0.6) is 0 Å². The van der Waals surface area contributed by atoms with E-state index in [1.54, 1.807) is 0 Å². The summed E-state index contributed by atoms with van der Waals surface area (Å²) in [4.78, 5) is 0. The molecule has 0 aromatic heterocycles. The maximum atomic E-state index is 9.65. The van der Waals surface area contributed by atoms with Crippen LogP contribution >= 0.6 is 0 Å². The molecule has 82 valence electrons. The summed E-state index contributed by atoms with van der Waals surface area (Å²) < 4.78 is 0. The molecular formula is C12H23NO. The highest BCUT2D eigenvalue weighted by Gasteiger charge is 2.47. The van der Waals surface area contributed by atoms with E-state index in [9.17, 15) is 5.11 Å². The zero-order valence-electron chi connectivity index (χ0n) is 9.47. The van der Waals surface area contributed by atoms with Crippen LogP contribution in [0.3, 0.4) is 0 Å². The third-order valence-electron chi connectivity index (χ3n) is 4.05. The summed E-state index contributed by atoms with van der Waals surface area (Å²) in [5.41, 5.74) is 0.0701. The van der Waals surface area contributed by atoms with Crippen LogP contribution in [0.25, 0.3) is 0 Å². The number of hydrogen-bond donors (Lipinski definition) is 2. The van der Waals surface area contributed by atoms with E-state index < -0.39 is 5.60 Å². The van der Waals surface area contributed by atoms with Crippen molar-refractivity contribution in [2.45, 2.75) is 64.0 Å². The fraction of sp³-hybridized carbons (Fsp3) is 1.00. The molecule has 0 aromatic carbocycles. The van der Waals surface area contributed by atoms with Gasteiger partial charge in [0.15, 0.2) is 0 Å². The van der Waals surface area contributed by atoms with Crippen LogP contribution in [0.1, 0.15) is 52.4 Å². The first-order valence-corrected chi connectivity index (χ1v) is 5.98. The highest BCUT2D eigenvalue weighted by atomic mass is 16.3. The molecule has 2 heteroatoms. The lowest BCUT2D eigenvalue weighted by Crippen LogP contribution is -2.54. The van der Waals surface area contributed by atoms with Gasteiger partial charge in [0.05, 0.1) is 5.60 Å². The summed E-state index contributed by atoms with van der Waals surface area (Å²) in [6.45, 7) is 4.49. The predicted molar refractivity (Wildman–Crippen MR) is 58.2 cm³/mol. The fourth-order valence-electron chi connectivity index (χ4n) is 3.07. The molecule has 1 unspecified atom stereocenters. The minimum atomic E-state index is -0.560. The molecule has 0 aliphatic heterocycles. The molecular weight excluding hydrogens is 174 g/mol. The Balaban J connectivity index is 1.82. The van der Waals surface area contributed by atoms with E-state index >= 15 is 0 Å². The van der Waals surface area contributed by atoms with Gasteiger partial charge in [0, 0.05) is 12.6 Å². The van der Waals surface area contributed by atoms with Crippen LogP contribution in [0.4, 0.5) is 0 Å². The molecule has 2 nitrogen and oxygen atoms in total. The van der Waals surface area contributed by atoms with Crippen molar-refractivity contribution in [1.82, 2.24) is 5.32 Å². The number of aliphatic hydroxyl groups is 1. The van der Waals surface area contributed by atoms with Crippen LogP contribution in [0.2, 0.25) is 0 Å². The van der Waals surface area contributed by atoms with Crippen molar-refractivity contribution in [2.75, 3.05) is 6.54 Å². The summed E-state index contributed by atoms with van der Waals surface area (Å²) in [5.74, 6) is 0. The average Bonchev–Trinajstić information content (AvgIpc) is 2.49. The molecule has 0 aromatic rings. The maximum absolute atomic E-state index is 9.65. The lowest BCUT2D eigenvalue weighted by atomic mass is 9.63. The van der Waals surface area contributed by atoms with Crippen molar-refractivity contribution in [3.8, 4) is 0 Å². The van der Waals surface area contributed by atoms with E-state index in [0.29, 0.717) is 11.5 Å². The molecule has 0 amide bonds. The summed E-state index contributed by atoms with van der Waals surface area (Å²) in [6.07, 6.45) is 8.39. The van der Waals surface area contributed by atoms with Gasteiger partial charge in [0.1, 0.15) is 0 Å². The van der Waals surface area contributed by atoms with E-state index in [0.717, 1.165) is 6.54 Å². The molecule has 2 fully saturated rings. The minimum absolute atomic E-state index is 0.560. The standard InChI is InChI=1S/C12H23NO/c1-11(2,14)9-13-10-5-8-12(10)6-3-4-7-12/h10,13-14H,3-9H2,1-2H3. The highest BCUT2D eigenvalue weighted by Crippen LogP contribution is 2.53. The smallest absolute Gasteiger partial charge is 0.0715 e. The summed E-state index contributed by atoms with van der Waals surface area (Å²) in [6, 6.07) is 0.691. The van der Waals surface area contributed by atoms with E-state index in [1.807, 2.05) is 13.8 Å². The zero-order chi connectivity index (χ0) is 10.2. The molecule has 2 saturated carbocycles. The lowest BCUT2D eigenvalue weighted by Gasteiger charge is -2.48. The van der Waals surface area contributed by atoms with Crippen LogP contribution in [-0.2, 0) is 0 Å². The largest absolute Gasteiger partial charge is 0.389 e. The van der Waals surface area contributed by atoms with E-state index in [1.165, 1.54) is 38.5 Å². The first-order valence-electron chi connectivity index (χ1n) is 5.98. The Morgan fingerprint density at radius 2 is 1.93 bits per heavy atom. The Morgan fingerprint density at radius 3 is 2.36 bits per heavy atom. The van der Waals surface area contributed by atoms with Gasteiger partial charge in [-0.25, -0.2) is 0 Å². The van der Waals surface area contributed by atoms with Crippen LogP contribution < -0.4 is 5.32 Å². The van der Waals surface area contributed by atoms with Gasteiger partial charge in [-0.2, -0.15) is 0 Å². The molecule has 1 atom stereocenters. The summed E-state index contributed by atoms with van der Waals surface area (Å²) >= 11 is 0. The molecule has 2 aliphatic carbocycles. The van der Waals surface area contributed by atoms with Crippen molar-refractivity contribution < 1.29 is 5.11 Å². The number of hydrogen-bond acceptors (Lipinski definition) is 2. The first kappa shape index (κ1) is 10.4. The molecule has 0 heterocycles. The summed E-state index contributed by atoms with van der Waals surface area (Å²) in [7, 11) is 0. The molecule has 2 rings (SSSR count). The quantitative estimate of drug-likeness (QED) is 0.726. The van der Waals surface area contributed by atoms with Crippen LogP contribution in [0.15, 0.2) is 0 Å². The Kier molecular flexibility index (Phi) is 2.61. The topological polar surface area (TPSA) is 32.3 Å². The van der Waals surface area contributed by atoms with Gasteiger partial charge in [-0.05, 0) is 44.9 Å². The third-order valence-corrected chi connectivity index (χ3v) is 4.05. The second kappa shape index (κ2) is 3.49. The van der Waals surface area contributed by atoms with Gasteiger partial charge in [-0.1, -0.05) is 12.8 Å². The van der Waals surface area contributed by atoms with Crippen molar-refractivity contribution in [1.29, 1.82) is 0 Å². The number of rotatable bonds is 3. The van der Waals surface area contributed by atoms with Crippen molar-refractivity contribution in [3.63, 3.8) is 0 Å². The van der Waals surface area contributed by atoms with E-state index in [4.69, 9.17) is 0 Å². The average molecular weight is 197 g/mol. The molecule has 1 spiro atoms. The molecule has 14 heavy (non-hydrogen) atoms. The monoisotopic (exact) mass is 197 g/mol. The normalized spacial score (nSPS) is 30.6. The second-order valence-electron chi connectivity index (χ2n) is 5.85. The predicted octanol–water partition coefficient (Wildman–Crippen LogP) is 2.07. The Bertz CT molecular complexity index is 201.